The molecule has 0 bridgehead atoms. The van der Waals surface area contributed by atoms with Gasteiger partial charge in [0, 0.05) is 6.54 Å². The topological polar surface area (TPSA) is 107 Å². The third-order valence-electron chi connectivity index (χ3n) is 3.64. The van der Waals surface area contributed by atoms with Gasteiger partial charge in [0.15, 0.2) is 0 Å². The van der Waals surface area contributed by atoms with Gasteiger partial charge in [-0.05, 0) is 24.5 Å². The normalized spacial score (nSPS) is 12.5. The van der Waals surface area contributed by atoms with E-state index in [0.717, 1.165) is 0 Å². The summed E-state index contributed by atoms with van der Waals surface area (Å²) in [7, 11) is 0. The van der Waals surface area contributed by atoms with Gasteiger partial charge in [0.05, 0.1) is 17.6 Å². The number of hydrogen-bond donors (Lipinski definition) is 2. The highest BCUT2D eigenvalue weighted by molar-refractivity contribution is 5.75. The molecule has 0 saturated heterocycles. The maximum Gasteiger partial charge on any atom is 0.323 e. The maximum atomic E-state index is 12.0. The number of para-hydroxylation sites is 2. The van der Waals surface area contributed by atoms with Crippen LogP contribution in [-0.2, 0) is 16.1 Å². The fraction of sp³-hybridized carbons (Fsp3) is 0.438. The van der Waals surface area contributed by atoms with Crippen molar-refractivity contribution in [3.05, 3.63) is 45.0 Å². The number of aryl methyl sites for hydroxylation is 1. The van der Waals surface area contributed by atoms with Gasteiger partial charge >= 0.3 is 17.1 Å². The summed E-state index contributed by atoms with van der Waals surface area (Å²) in [5, 5.41) is 0. The lowest BCUT2D eigenvalue weighted by molar-refractivity contribution is -0.146. The highest BCUT2D eigenvalue weighted by atomic mass is 16.5. The highest BCUT2D eigenvalue weighted by Crippen LogP contribution is 2.08. The minimum atomic E-state index is -0.664. The number of fused-ring (bicyclic) bond motifs is 1. The van der Waals surface area contributed by atoms with Crippen LogP contribution in [0.5, 0.6) is 0 Å². The van der Waals surface area contributed by atoms with Crippen molar-refractivity contribution in [2.45, 2.75) is 32.9 Å². The molecule has 0 radical (unpaired) electrons. The highest BCUT2D eigenvalue weighted by Gasteiger charge is 2.18. The van der Waals surface area contributed by atoms with Crippen molar-refractivity contribution in [2.75, 3.05) is 6.61 Å². The second kappa shape index (κ2) is 7.23. The summed E-state index contributed by atoms with van der Waals surface area (Å²) < 4.78 is 6.50. The number of aromatic nitrogens is 2. The minimum absolute atomic E-state index is 0.00162. The summed E-state index contributed by atoms with van der Waals surface area (Å²) in [6, 6.07) is 6.40. The Morgan fingerprint density at radius 3 is 2.70 bits per heavy atom. The number of carbonyl (C=O) groups excluding carboxylic acids is 1. The van der Waals surface area contributed by atoms with Gasteiger partial charge in [-0.3, -0.25) is 14.4 Å². The Hall–Kier alpha value is -2.41. The lowest BCUT2D eigenvalue weighted by Crippen LogP contribution is -2.38. The van der Waals surface area contributed by atoms with E-state index in [9.17, 15) is 14.4 Å². The summed E-state index contributed by atoms with van der Waals surface area (Å²) in [5.41, 5.74) is 5.65. The Morgan fingerprint density at radius 1 is 1.30 bits per heavy atom. The lowest BCUT2D eigenvalue weighted by atomic mass is 10.1. The van der Waals surface area contributed by atoms with Crippen LogP contribution in [0.2, 0.25) is 0 Å². The molecule has 0 amide bonds. The first-order chi connectivity index (χ1) is 10.9. The molecule has 23 heavy (non-hydrogen) atoms. The average molecular weight is 319 g/mol. The molecule has 7 nitrogen and oxygen atoms in total. The summed E-state index contributed by atoms with van der Waals surface area (Å²) in [6.07, 6.45) is 0.421. The molecule has 0 fully saturated rings. The number of ether oxygens (including phenoxy) is 1. The van der Waals surface area contributed by atoms with Crippen LogP contribution in [-0.4, -0.2) is 28.2 Å². The Labute approximate surface area is 133 Å². The zero-order valence-electron chi connectivity index (χ0n) is 13.2. The first-order valence-corrected chi connectivity index (χ1v) is 7.56. The van der Waals surface area contributed by atoms with E-state index in [1.807, 2.05) is 13.8 Å². The summed E-state index contributed by atoms with van der Waals surface area (Å²) in [5.74, 6) is -0.454. The van der Waals surface area contributed by atoms with Crippen LogP contribution in [0.4, 0.5) is 0 Å². The van der Waals surface area contributed by atoms with E-state index in [1.165, 1.54) is 4.57 Å². The SMILES string of the molecule is CC(C)C(N)C(=O)OCCCn1c(=O)c(=O)[nH]c2ccccc21. The van der Waals surface area contributed by atoms with Crippen molar-refractivity contribution < 1.29 is 9.53 Å². The molecule has 0 saturated carbocycles. The van der Waals surface area contributed by atoms with Gasteiger partial charge in [0.25, 0.3) is 0 Å². The lowest BCUT2D eigenvalue weighted by Gasteiger charge is -2.15. The molecule has 0 spiro atoms. The van der Waals surface area contributed by atoms with Crippen LogP contribution in [0.25, 0.3) is 11.0 Å². The molecule has 0 aliphatic carbocycles. The fourth-order valence-corrected chi connectivity index (χ4v) is 2.21. The number of aromatic amines is 1. The fourth-order valence-electron chi connectivity index (χ4n) is 2.21. The van der Waals surface area contributed by atoms with E-state index in [0.29, 0.717) is 17.5 Å². The molecule has 124 valence electrons. The summed E-state index contributed by atoms with van der Waals surface area (Å²) in [6.45, 7) is 4.11. The number of rotatable bonds is 6. The zero-order chi connectivity index (χ0) is 17.0. The van der Waals surface area contributed by atoms with Gasteiger partial charge in [-0.1, -0.05) is 26.0 Å². The van der Waals surface area contributed by atoms with E-state index in [4.69, 9.17) is 10.5 Å². The number of nitrogens with two attached hydrogens (primary N) is 1. The van der Waals surface area contributed by atoms with Crippen molar-refractivity contribution in [1.29, 1.82) is 0 Å². The van der Waals surface area contributed by atoms with Gasteiger partial charge in [-0.2, -0.15) is 0 Å². The second-order valence-corrected chi connectivity index (χ2v) is 5.72. The molecule has 1 unspecified atom stereocenters. The third-order valence-corrected chi connectivity index (χ3v) is 3.64. The molecule has 1 aromatic heterocycles. The van der Waals surface area contributed by atoms with E-state index in [1.54, 1.807) is 24.3 Å². The van der Waals surface area contributed by atoms with Gasteiger partial charge < -0.3 is 20.0 Å². The van der Waals surface area contributed by atoms with Gasteiger partial charge in [0.1, 0.15) is 6.04 Å². The third kappa shape index (κ3) is 3.87. The molecule has 2 rings (SSSR count). The predicted molar refractivity (Wildman–Crippen MR) is 87.2 cm³/mol. The number of nitrogens with zero attached hydrogens (tertiary/aromatic N) is 1. The van der Waals surface area contributed by atoms with E-state index < -0.39 is 23.1 Å². The van der Waals surface area contributed by atoms with E-state index in [-0.39, 0.29) is 19.1 Å². The van der Waals surface area contributed by atoms with Crippen molar-refractivity contribution >= 4 is 17.0 Å². The Bertz CT molecular complexity index is 807. The van der Waals surface area contributed by atoms with Gasteiger partial charge in [0.2, 0.25) is 0 Å². The smallest absolute Gasteiger partial charge is 0.323 e. The monoisotopic (exact) mass is 319 g/mol. The van der Waals surface area contributed by atoms with Crippen molar-refractivity contribution in [2.24, 2.45) is 11.7 Å². The van der Waals surface area contributed by atoms with Crippen molar-refractivity contribution in [3.8, 4) is 0 Å². The molecule has 0 aliphatic heterocycles. The Morgan fingerprint density at radius 2 is 2.00 bits per heavy atom. The average Bonchev–Trinajstić information content (AvgIpc) is 2.53. The van der Waals surface area contributed by atoms with Crippen LogP contribution in [0, 0.1) is 5.92 Å². The quantitative estimate of drug-likeness (QED) is 0.461. The Kier molecular flexibility index (Phi) is 5.33. The van der Waals surface area contributed by atoms with E-state index >= 15 is 0 Å². The molecule has 7 heteroatoms. The molecule has 1 atom stereocenters. The number of hydrogen-bond acceptors (Lipinski definition) is 5. The van der Waals surface area contributed by atoms with Crippen LogP contribution < -0.4 is 16.9 Å². The number of H-pyrrole nitrogens is 1. The molecule has 2 aromatic rings. The maximum absolute atomic E-state index is 12.0. The van der Waals surface area contributed by atoms with E-state index in [2.05, 4.69) is 4.98 Å². The second-order valence-electron chi connectivity index (χ2n) is 5.72. The van der Waals surface area contributed by atoms with Crippen molar-refractivity contribution in [1.82, 2.24) is 9.55 Å². The van der Waals surface area contributed by atoms with Gasteiger partial charge in [-0.15, -0.1) is 0 Å². The number of esters is 1. The van der Waals surface area contributed by atoms with Crippen LogP contribution >= 0.6 is 0 Å². The molecular formula is C16H21N3O4. The molecule has 1 heterocycles. The summed E-state index contributed by atoms with van der Waals surface area (Å²) >= 11 is 0. The molecule has 0 aliphatic rings. The molecule has 1 aromatic carbocycles. The Balaban J connectivity index is 2.06. The standard InChI is InChI=1S/C16H21N3O4/c1-10(2)13(17)16(22)23-9-5-8-19-12-7-4-3-6-11(12)18-14(20)15(19)21/h3-4,6-7,10,13H,5,8-9,17H2,1-2H3,(H,18,20). The molecule has 3 N–H and O–H groups in total. The number of benzene rings is 1. The molecular weight excluding hydrogens is 298 g/mol. The first kappa shape index (κ1) is 17.0. The summed E-state index contributed by atoms with van der Waals surface area (Å²) in [4.78, 5) is 37.9. The van der Waals surface area contributed by atoms with Crippen LogP contribution in [0.3, 0.4) is 0 Å². The zero-order valence-corrected chi connectivity index (χ0v) is 13.2. The van der Waals surface area contributed by atoms with Gasteiger partial charge in [-0.25, -0.2) is 0 Å². The largest absolute Gasteiger partial charge is 0.464 e. The van der Waals surface area contributed by atoms with Crippen LogP contribution in [0.15, 0.2) is 33.9 Å². The minimum Gasteiger partial charge on any atom is -0.464 e. The number of nitrogens with one attached hydrogen (secondary N) is 1. The predicted octanol–water partition coefficient (Wildman–Crippen LogP) is 0.606. The van der Waals surface area contributed by atoms with Crippen molar-refractivity contribution in [3.63, 3.8) is 0 Å². The number of carbonyl (C=O) groups is 1. The first-order valence-electron chi connectivity index (χ1n) is 7.56. The van der Waals surface area contributed by atoms with Crippen LogP contribution in [0.1, 0.15) is 20.3 Å².